The molecule has 4 rings (SSSR count). The molecule has 9 heteroatoms. The first-order chi connectivity index (χ1) is 14.5. The lowest BCUT2D eigenvalue weighted by molar-refractivity contribution is -0.121. The Hall–Kier alpha value is -3.07. The number of carbonyl (C=O) groups is 2. The first kappa shape index (κ1) is 20.2. The van der Waals surface area contributed by atoms with E-state index < -0.39 is 18.4 Å². The number of thiazole rings is 1. The predicted molar refractivity (Wildman–Crippen MR) is 110 cm³/mol. The van der Waals surface area contributed by atoms with E-state index in [2.05, 4.69) is 15.0 Å². The molecule has 2 amide bonds. The number of anilines is 1. The average molecular weight is 431 g/mol. The SMILES string of the molecule is O=C(Nc1nc2ccccc2s1)C1CCCN(C(=O)c2ccccc2OC(F)F)C1. The zero-order valence-electron chi connectivity index (χ0n) is 15.9. The number of nitrogens with one attached hydrogen (secondary N) is 1. The van der Waals surface area contributed by atoms with Gasteiger partial charge in [-0.3, -0.25) is 9.59 Å². The third kappa shape index (κ3) is 4.40. The Morgan fingerprint density at radius 3 is 2.73 bits per heavy atom. The van der Waals surface area contributed by atoms with E-state index in [4.69, 9.17) is 0 Å². The molecule has 30 heavy (non-hydrogen) atoms. The summed E-state index contributed by atoms with van der Waals surface area (Å²) in [7, 11) is 0. The Labute approximate surface area is 175 Å². The van der Waals surface area contributed by atoms with Crippen molar-refractivity contribution in [2.24, 2.45) is 5.92 Å². The van der Waals surface area contributed by atoms with Gasteiger partial charge in [-0.2, -0.15) is 8.78 Å². The summed E-state index contributed by atoms with van der Waals surface area (Å²) >= 11 is 1.39. The zero-order valence-corrected chi connectivity index (χ0v) is 16.7. The van der Waals surface area contributed by atoms with Crippen LogP contribution in [0.4, 0.5) is 13.9 Å². The second-order valence-electron chi connectivity index (χ2n) is 6.94. The Morgan fingerprint density at radius 1 is 1.17 bits per heavy atom. The van der Waals surface area contributed by atoms with E-state index in [1.54, 1.807) is 6.07 Å². The number of benzene rings is 2. The van der Waals surface area contributed by atoms with E-state index in [9.17, 15) is 18.4 Å². The van der Waals surface area contributed by atoms with Crippen molar-refractivity contribution in [2.45, 2.75) is 19.5 Å². The second kappa shape index (κ2) is 8.74. The van der Waals surface area contributed by atoms with E-state index in [1.807, 2.05) is 24.3 Å². The van der Waals surface area contributed by atoms with Crippen molar-refractivity contribution >= 4 is 38.5 Å². The molecule has 3 aromatic rings. The monoisotopic (exact) mass is 431 g/mol. The Kier molecular flexibility index (Phi) is 5.89. The maximum absolute atomic E-state index is 12.9. The molecule has 1 aliphatic heterocycles. The van der Waals surface area contributed by atoms with Crippen LogP contribution in [-0.4, -0.2) is 41.4 Å². The molecule has 0 spiro atoms. The molecule has 1 saturated heterocycles. The smallest absolute Gasteiger partial charge is 0.387 e. The number of amides is 2. The fourth-order valence-corrected chi connectivity index (χ4v) is 4.39. The summed E-state index contributed by atoms with van der Waals surface area (Å²) in [6.07, 6.45) is 1.28. The molecule has 1 unspecified atom stereocenters. The third-order valence-corrected chi connectivity index (χ3v) is 5.89. The summed E-state index contributed by atoms with van der Waals surface area (Å²) in [5, 5.41) is 3.36. The number of hydrogen-bond donors (Lipinski definition) is 1. The maximum Gasteiger partial charge on any atom is 0.387 e. The van der Waals surface area contributed by atoms with E-state index in [0.717, 1.165) is 10.2 Å². The molecule has 2 heterocycles. The number of nitrogens with zero attached hydrogens (tertiary/aromatic N) is 2. The summed E-state index contributed by atoms with van der Waals surface area (Å²) in [6, 6.07) is 13.5. The number of halogens is 2. The van der Waals surface area contributed by atoms with Crippen LogP contribution in [0.3, 0.4) is 0 Å². The Morgan fingerprint density at radius 2 is 1.93 bits per heavy atom. The number of hydrogen-bond acceptors (Lipinski definition) is 5. The van der Waals surface area contributed by atoms with Crippen molar-refractivity contribution in [2.75, 3.05) is 18.4 Å². The normalized spacial score (nSPS) is 16.6. The van der Waals surface area contributed by atoms with Gasteiger partial charge in [0.1, 0.15) is 5.75 Å². The van der Waals surface area contributed by atoms with Gasteiger partial charge in [0.25, 0.3) is 5.91 Å². The number of fused-ring (bicyclic) bond motifs is 1. The lowest BCUT2D eigenvalue weighted by atomic mass is 9.96. The van der Waals surface area contributed by atoms with Crippen molar-refractivity contribution < 1.29 is 23.1 Å². The first-order valence-electron chi connectivity index (χ1n) is 9.51. The summed E-state index contributed by atoms with van der Waals surface area (Å²) in [5.74, 6) is -1.20. The van der Waals surface area contributed by atoms with Crippen LogP contribution < -0.4 is 10.1 Å². The summed E-state index contributed by atoms with van der Waals surface area (Å²) < 4.78 is 30.8. The van der Waals surface area contributed by atoms with Gasteiger partial charge >= 0.3 is 6.61 Å². The van der Waals surface area contributed by atoms with E-state index >= 15 is 0 Å². The topological polar surface area (TPSA) is 71.5 Å². The molecule has 0 bridgehead atoms. The van der Waals surface area contributed by atoms with Gasteiger partial charge in [-0.05, 0) is 37.1 Å². The minimum Gasteiger partial charge on any atom is -0.434 e. The van der Waals surface area contributed by atoms with Crippen molar-refractivity contribution in [3.8, 4) is 5.75 Å². The Balaban J connectivity index is 1.45. The summed E-state index contributed by atoms with van der Waals surface area (Å²) in [4.78, 5) is 31.6. The van der Waals surface area contributed by atoms with E-state index in [-0.39, 0.29) is 23.8 Å². The Bertz CT molecular complexity index is 1040. The molecule has 2 aromatic carbocycles. The summed E-state index contributed by atoms with van der Waals surface area (Å²) in [5.41, 5.74) is 0.874. The molecule has 0 radical (unpaired) electrons. The van der Waals surface area contributed by atoms with E-state index in [0.29, 0.717) is 24.5 Å². The zero-order chi connectivity index (χ0) is 21.1. The van der Waals surface area contributed by atoms with Gasteiger partial charge in [-0.25, -0.2) is 4.98 Å². The van der Waals surface area contributed by atoms with Crippen molar-refractivity contribution in [3.63, 3.8) is 0 Å². The molecule has 1 atom stereocenters. The van der Waals surface area contributed by atoms with Gasteiger partial charge in [-0.15, -0.1) is 0 Å². The maximum atomic E-state index is 12.9. The van der Waals surface area contributed by atoms with E-state index in [1.165, 1.54) is 34.4 Å². The number of alkyl halides is 2. The van der Waals surface area contributed by atoms with Gasteiger partial charge in [0, 0.05) is 13.1 Å². The number of para-hydroxylation sites is 2. The lowest BCUT2D eigenvalue weighted by Crippen LogP contribution is -2.43. The van der Waals surface area contributed by atoms with Crippen LogP contribution in [0.15, 0.2) is 48.5 Å². The molecular formula is C21H19F2N3O3S. The van der Waals surface area contributed by atoms with Gasteiger partial charge in [0.2, 0.25) is 5.91 Å². The predicted octanol–water partition coefficient (Wildman–Crippen LogP) is 4.39. The van der Waals surface area contributed by atoms with Crippen LogP contribution in [0, 0.1) is 5.92 Å². The number of piperidine rings is 1. The molecule has 0 aliphatic carbocycles. The fraction of sp³-hybridized carbons (Fsp3) is 0.286. The van der Waals surface area contributed by atoms with Gasteiger partial charge < -0.3 is 15.0 Å². The highest BCUT2D eigenvalue weighted by Crippen LogP contribution is 2.28. The largest absolute Gasteiger partial charge is 0.434 e. The molecule has 156 valence electrons. The van der Waals surface area contributed by atoms with Gasteiger partial charge in [0.15, 0.2) is 5.13 Å². The lowest BCUT2D eigenvalue weighted by Gasteiger charge is -2.32. The number of rotatable bonds is 5. The standard InChI is InChI=1S/C21H19F2N3O3S/c22-20(23)29-16-9-3-1-7-14(16)19(28)26-11-5-6-13(12-26)18(27)25-21-24-15-8-2-4-10-17(15)30-21/h1-4,7-10,13,20H,5-6,11-12H2,(H,24,25,27). The number of aromatic nitrogens is 1. The van der Waals surface area contributed by atoms with Crippen molar-refractivity contribution in [1.29, 1.82) is 0 Å². The van der Waals surface area contributed by atoms with Gasteiger partial charge in [-0.1, -0.05) is 35.6 Å². The number of likely N-dealkylation sites (tertiary alicyclic amines) is 1. The van der Waals surface area contributed by atoms with Crippen molar-refractivity contribution in [3.05, 3.63) is 54.1 Å². The molecule has 1 N–H and O–H groups in total. The minimum absolute atomic E-state index is 0.0602. The highest BCUT2D eigenvalue weighted by atomic mass is 32.1. The average Bonchev–Trinajstić information content (AvgIpc) is 3.15. The van der Waals surface area contributed by atoms with Gasteiger partial charge in [0.05, 0.1) is 21.7 Å². The van der Waals surface area contributed by atoms with Crippen LogP contribution in [0.5, 0.6) is 5.75 Å². The van der Waals surface area contributed by atoms with Crippen molar-refractivity contribution in [1.82, 2.24) is 9.88 Å². The second-order valence-corrected chi connectivity index (χ2v) is 7.97. The molecular weight excluding hydrogens is 412 g/mol. The van der Waals surface area contributed by atoms with Crippen LogP contribution in [-0.2, 0) is 4.79 Å². The number of ether oxygens (including phenoxy) is 1. The molecule has 1 aliphatic rings. The third-order valence-electron chi connectivity index (χ3n) is 4.94. The van der Waals surface area contributed by atoms with Crippen LogP contribution in [0.2, 0.25) is 0 Å². The fourth-order valence-electron chi connectivity index (χ4n) is 3.52. The first-order valence-corrected chi connectivity index (χ1v) is 10.3. The molecule has 6 nitrogen and oxygen atoms in total. The quantitative estimate of drug-likeness (QED) is 0.651. The highest BCUT2D eigenvalue weighted by molar-refractivity contribution is 7.22. The molecule has 1 aromatic heterocycles. The van der Waals surface area contributed by atoms with Crippen LogP contribution in [0.1, 0.15) is 23.2 Å². The van der Waals surface area contributed by atoms with Crippen LogP contribution >= 0.6 is 11.3 Å². The number of carbonyl (C=O) groups excluding carboxylic acids is 2. The highest BCUT2D eigenvalue weighted by Gasteiger charge is 2.30. The summed E-state index contributed by atoms with van der Waals surface area (Å²) in [6.45, 7) is -2.36. The minimum atomic E-state index is -3.02. The molecule has 1 fully saturated rings. The molecule has 0 saturated carbocycles. The van der Waals surface area contributed by atoms with Crippen LogP contribution in [0.25, 0.3) is 10.2 Å².